The van der Waals surface area contributed by atoms with Crippen LogP contribution in [0, 0.1) is 5.82 Å². The van der Waals surface area contributed by atoms with E-state index in [0.717, 1.165) is 32.2 Å². The Bertz CT molecular complexity index is 1000. The molecule has 0 spiro atoms. The molecule has 1 unspecified atom stereocenters. The number of halogens is 1. The lowest BCUT2D eigenvalue weighted by Gasteiger charge is -2.35. The van der Waals surface area contributed by atoms with Crippen LogP contribution in [0.3, 0.4) is 0 Å². The predicted molar refractivity (Wildman–Crippen MR) is 112 cm³/mol. The molecule has 3 aromatic rings. The Balaban J connectivity index is 1.39. The molecule has 0 N–H and O–H groups in total. The monoisotopic (exact) mass is 407 g/mol. The predicted octanol–water partition coefficient (Wildman–Crippen LogP) is 4.60. The molecule has 0 fully saturated rings. The first-order valence-corrected chi connectivity index (χ1v) is 10.6. The van der Waals surface area contributed by atoms with Crippen molar-refractivity contribution in [2.24, 2.45) is 0 Å². The number of aromatic nitrogens is 2. The highest BCUT2D eigenvalue weighted by molar-refractivity contribution is 5.76. The van der Waals surface area contributed by atoms with Gasteiger partial charge in [-0.2, -0.15) is 4.98 Å². The fourth-order valence-electron chi connectivity index (χ4n) is 4.13. The third-order valence-electron chi connectivity index (χ3n) is 5.67. The second-order valence-electron chi connectivity index (χ2n) is 7.77. The molecule has 0 saturated heterocycles. The Morgan fingerprint density at radius 3 is 2.70 bits per heavy atom. The largest absolute Gasteiger partial charge is 0.339 e. The molecule has 1 amide bonds. The van der Waals surface area contributed by atoms with E-state index in [9.17, 15) is 9.18 Å². The Hall–Kier alpha value is -3.02. The highest BCUT2D eigenvalue weighted by Gasteiger charge is 2.27. The number of carbonyl (C=O) groups excluding carboxylic acids is 1. The van der Waals surface area contributed by atoms with E-state index in [1.165, 1.54) is 23.3 Å². The molecular formula is C24H26FN3O2. The van der Waals surface area contributed by atoms with Gasteiger partial charge >= 0.3 is 0 Å². The average molecular weight is 407 g/mol. The van der Waals surface area contributed by atoms with Gasteiger partial charge in [0.05, 0.1) is 0 Å². The smallest absolute Gasteiger partial charge is 0.227 e. The molecule has 1 atom stereocenters. The van der Waals surface area contributed by atoms with Gasteiger partial charge in [0.1, 0.15) is 5.82 Å². The van der Waals surface area contributed by atoms with E-state index in [0.29, 0.717) is 30.1 Å². The summed E-state index contributed by atoms with van der Waals surface area (Å²) in [5.41, 5.74) is 3.44. The quantitative estimate of drug-likeness (QED) is 0.574. The second kappa shape index (κ2) is 9.20. The van der Waals surface area contributed by atoms with Crippen LogP contribution < -0.4 is 0 Å². The number of benzene rings is 2. The van der Waals surface area contributed by atoms with E-state index in [1.54, 1.807) is 12.1 Å². The Kier molecular flexibility index (Phi) is 6.21. The maximum atomic E-state index is 13.1. The van der Waals surface area contributed by atoms with Crippen molar-refractivity contribution in [2.45, 2.75) is 51.5 Å². The highest BCUT2D eigenvalue weighted by Crippen LogP contribution is 2.25. The minimum atomic E-state index is -0.311. The molecule has 2 aromatic carbocycles. The van der Waals surface area contributed by atoms with Gasteiger partial charge in [-0.3, -0.25) is 4.79 Å². The fourth-order valence-corrected chi connectivity index (χ4v) is 4.13. The normalized spacial score (nSPS) is 15.6. The van der Waals surface area contributed by atoms with E-state index in [1.807, 2.05) is 4.90 Å². The summed E-state index contributed by atoms with van der Waals surface area (Å²) in [5, 5.41) is 3.96. The van der Waals surface area contributed by atoms with Gasteiger partial charge in [0.2, 0.25) is 17.6 Å². The molecule has 0 saturated carbocycles. The van der Waals surface area contributed by atoms with Crippen molar-refractivity contribution < 1.29 is 13.7 Å². The SMILES string of the molecule is CCCN(C(=O)CCc1nc(-c2ccc(F)cc2)no1)C1CCc2ccccc2C1. The van der Waals surface area contributed by atoms with Crippen LogP contribution in [0.2, 0.25) is 0 Å². The summed E-state index contributed by atoms with van der Waals surface area (Å²) in [4.78, 5) is 19.4. The van der Waals surface area contributed by atoms with Crippen LogP contribution in [0.4, 0.5) is 4.39 Å². The van der Waals surface area contributed by atoms with Crippen molar-refractivity contribution in [1.29, 1.82) is 0 Å². The van der Waals surface area contributed by atoms with Gasteiger partial charge in [-0.25, -0.2) is 4.39 Å². The number of hydrogen-bond acceptors (Lipinski definition) is 4. The topological polar surface area (TPSA) is 59.2 Å². The molecule has 0 radical (unpaired) electrons. The fraction of sp³-hybridized carbons (Fsp3) is 0.375. The summed E-state index contributed by atoms with van der Waals surface area (Å²) in [5.74, 6) is 0.650. The molecule has 156 valence electrons. The van der Waals surface area contributed by atoms with Crippen molar-refractivity contribution >= 4 is 5.91 Å². The number of fused-ring (bicyclic) bond motifs is 1. The van der Waals surface area contributed by atoms with Gasteiger partial charge in [0.25, 0.3) is 0 Å². The van der Waals surface area contributed by atoms with Crippen LogP contribution in [0.25, 0.3) is 11.4 Å². The van der Waals surface area contributed by atoms with Gasteiger partial charge in [-0.05, 0) is 61.1 Å². The van der Waals surface area contributed by atoms with Gasteiger partial charge in [-0.1, -0.05) is 36.3 Å². The van der Waals surface area contributed by atoms with Crippen molar-refractivity contribution in [3.63, 3.8) is 0 Å². The van der Waals surface area contributed by atoms with Crippen LogP contribution in [-0.4, -0.2) is 33.5 Å². The summed E-state index contributed by atoms with van der Waals surface area (Å²) in [6.45, 7) is 2.86. The maximum Gasteiger partial charge on any atom is 0.227 e. The van der Waals surface area contributed by atoms with Crippen LogP contribution in [0.5, 0.6) is 0 Å². The van der Waals surface area contributed by atoms with Gasteiger partial charge in [0, 0.05) is 31.0 Å². The highest BCUT2D eigenvalue weighted by atomic mass is 19.1. The first-order chi connectivity index (χ1) is 14.6. The molecule has 5 nitrogen and oxygen atoms in total. The lowest BCUT2D eigenvalue weighted by molar-refractivity contribution is -0.133. The third-order valence-corrected chi connectivity index (χ3v) is 5.67. The van der Waals surface area contributed by atoms with Crippen molar-refractivity contribution in [3.05, 3.63) is 71.4 Å². The Morgan fingerprint density at radius 1 is 1.17 bits per heavy atom. The first-order valence-electron chi connectivity index (χ1n) is 10.6. The number of amides is 1. The minimum Gasteiger partial charge on any atom is -0.339 e. The van der Waals surface area contributed by atoms with Crippen molar-refractivity contribution in [2.75, 3.05) is 6.54 Å². The lowest BCUT2D eigenvalue weighted by atomic mass is 9.87. The van der Waals surface area contributed by atoms with E-state index in [2.05, 4.69) is 41.3 Å². The zero-order chi connectivity index (χ0) is 20.9. The first kappa shape index (κ1) is 20.3. The molecule has 6 heteroatoms. The number of nitrogens with zero attached hydrogens (tertiary/aromatic N) is 3. The lowest BCUT2D eigenvalue weighted by Crippen LogP contribution is -2.44. The average Bonchev–Trinajstić information content (AvgIpc) is 3.25. The molecular weight excluding hydrogens is 381 g/mol. The third kappa shape index (κ3) is 4.58. The van der Waals surface area contributed by atoms with Crippen molar-refractivity contribution in [1.82, 2.24) is 15.0 Å². The Morgan fingerprint density at radius 2 is 1.93 bits per heavy atom. The summed E-state index contributed by atoms with van der Waals surface area (Å²) < 4.78 is 18.4. The summed E-state index contributed by atoms with van der Waals surface area (Å²) in [7, 11) is 0. The molecule has 1 aliphatic rings. The van der Waals surface area contributed by atoms with Crippen LogP contribution in [0.15, 0.2) is 53.1 Å². The number of carbonyl (C=O) groups is 1. The van der Waals surface area contributed by atoms with Gasteiger partial charge in [0.15, 0.2) is 0 Å². The number of rotatable bonds is 7. The van der Waals surface area contributed by atoms with Crippen LogP contribution >= 0.6 is 0 Å². The Labute approximate surface area is 175 Å². The standard InChI is InChI=1S/C24H26FN3O2/c1-2-15-28(21-12-9-17-5-3-4-6-19(17)16-21)23(29)14-13-22-26-24(27-30-22)18-7-10-20(25)11-8-18/h3-8,10-11,21H,2,9,12-16H2,1H3. The summed E-state index contributed by atoms with van der Waals surface area (Å²) in [6.07, 6.45) is 4.59. The molecule has 4 rings (SSSR count). The summed E-state index contributed by atoms with van der Waals surface area (Å²) >= 11 is 0. The zero-order valence-corrected chi connectivity index (χ0v) is 17.2. The van der Waals surface area contributed by atoms with E-state index < -0.39 is 0 Å². The zero-order valence-electron chi connectivity index (χ0n) is 17.2. The van der Waals surface area contributed by atoms with Gasteiger partial charge in [-0.15, -0.1) is 0 Å². The minimum absolute atomic E-state index is 0.128. The van der Waals surface area contributed by atoms with Gasteiger partial charge < -0.3 is 9.42 Å². The van der Waals surface area contributed by atoms with E-state index in [-0.39, 0.29) is 17.8 Å². The molecule has 0 aliphatic heterocycles. The van der Waals surface area contributed by atoms with Crippen molar-refractivity contribution in [3.8, 4) is 11.4 Å². The van der Waals surface area contributed by atoms with Crippen LogP contribution in [0.1, 0.15) is 43.2 Å². The molecule has 30 heavy (non-hydrogen) atoms. The maximum absolute atomic E-state index is 13.1. The number of hydrogen-bond donors (Lipinski definition) is 0. The molecule has 0 bridgehead atoms. The van der Waals surface area contributed by atoms with E-state index in [4.69, 9.17) is 4.52 Å². The molecule has 1 aromatic heterocycles. The summed E-state index contributed by atoms with van der Waals surface area (Å²) in [6, 6.07) is 14.7. The van der Waals surface area contributed by atoms with Crippen LogP contribution in [-0.2, 0) is 24.1 Å². The second-order valence-corrected chi connectivity index (χ2v) is 7.77. The number of aryl methyl sites for hydroxylation is 2. The van der Waals surface area contributed by atoms with E-state index >= 15 is 0 Å². The molecule has 1 aliphatic carbocycles. The molecule has 1 heterocycles.